The van der Waals surface area contributed by atoms with Crippen molar-refractivity contribution < 1.29 is 9.59 Å². The molecule has 0 aromatic heterocycles. The number of halogens is 3. The fourth-order valence-electron chi connectivity index (χ4n) is 3.40. The van der Waals surface area contributed by atoms with Crippen LogP contribution in [-0.4, -0.2) is 17.1 Å². The molecule has 9 heteroatoms. The predicted molar refractivity (Wildman–Crippen MR) is 141 cm³/mol. The van der Waals surface area contributed by atoms with Crippen molar-refractivity contribution in [3.8, 4) is 6.07 Å². The number of hydrogen-bond acceptors (Lipinski definition) is 4. The van der Waals surface area contributed by atoms with Crippen LogP contribution in [0.1, 0.15) is 5.56 Å². The number of amides is 2. The van der Waals surface area contributed by atoms with Crippen LogP contribution in [0.5, 0.6) is 0 Å². The van der Waals surface area contributed by atoms with E-state index >= 15 is 0 Å². The van der Waals surface area contributed by atoms with E-state index in [4.69, 9.17) is 23.2 Å². The van der Waals surface area contributed by atoms with Gasteiger partial charge in [0.05, 0.1) is 5.25 Å². The highest BCUT2D eigenvalue weighted by atomic mass is 79.9. The Morgan fingerprint density at radius 3 is 2.38 bits per heavy atom. The first-order chi connectivity index (χ1) is 16.4. The molecule has 0 radical (unpaired) electrons. The zero-order valence-electron chi connectivity index (χ0n) is 17.5. The lowest BCUT2D eigenvalue weighted by Crippen LogP contribution is -2.31. The summed E-state index contributed by atoms with van der Waals surface area (Å²) in [5.74, 6) is -0.838. The number of carbonyl (C=O) groups excluding carboxylic acids is 2. The first kappa shape index (κ1) is 24.4. The van der Waals surface area contributed by atoms with Crippen molar-refractivity contribution in [1.82, 2.24) is 0 Å². The molecule has 2 amide bonds. The average molecular weight is 573 g/mol. The molecule has 0 saturated carbocycles. The van der Waals surface area contributed by atoms with Crippen LogP contribution in [0.15, 0.2) is 87.9 Å². The van der Waals surface area contributed by atoms with Crippen LogP contribution in [-0.2, 0) is 16.0 Å². The Morgan fingerprint density at radius 1 is 1.06 bits per heavy atom. The Hall–Kier alpha value is -2.76. The molecule has 1 aliphatic rings. The molecule has 3 aromatic rings. The molecule has 0 spiro atoms. The lowest BCUT2D eigenvalue weighted by molar-refractivity contribution is -0.117. The Morgan fingerprint density at radius 2 is 1.74 bits per heavy atom. The number of rotatable bonds is 5. The van der Waals surface area contributed by atoms with Crippen molar-refractivity contribution in [3.05, 3.63) is 103 Å². The molecule has 1 fully saturated rings. The van der Waals surface area contributed by atoms with E-state index in [-0.39, 0.29) is 16.5 Å². The van der Waals surface area contributed by atoms with Crippen LogP contribution >= 0.6 is 50.9 Å². The lowest BCUT2D eigenvalue weighted by atomic mass is 10.1. The van der Waals surface area contributed by atoms with E-state index in [1.165, 1.54) is 16.7 Å². The van der Waals surface area contributed by atoms with Crippen molar-refractivity contribution in [1.29, 1.82) is 5.26 Å². The molecule has 1 saturated heterocycles. The monoisotopic (exact) mass is 571 g/mol. The summed E-state index contributed by atoms with van der Waals surface area (Å²) in [5.41, 5.74) is 1.71. The molecule has 1 aliphatic heterocycles. The maximum atomic E-state index is 13.5. The zero-order chi connectivity index (χ0) is 24.2. The second-order valence-electron chi connectivity index (χ2n) is 7.31. The third kappa shape index (κ3) is 5.31. The van der Waals surface area contributed by atoms with Gasteiger partial charge in [0, 0.05) is 25.9 Å². The largest absolute Gasteiger partial charge is 0.321 e. The minimum absolute atomic E-state index is 0.155. The van der Waals surface area contributed by atoms with Crippen LogP contribution in [0.25, 0.3) is 0 Å². The van der Waals surface area contributed by atoms with Crippen LogP contribution in [0, 0.1) is 11.3 Å². The van der Waals surface area contributed by atoms with Crippen molar-refractivity contribution in [2.45, 2.75) is 11.7 Å². The quantitative estimate of drug-likeness (QED) is 0.269. The Bertz CT molecular complexity index is 1320. The van der Waals surface area contributed by atoms with Crippen LogP contribution in [0.4, 0.5) is 11.4 Å². The number of carbonyl (C=O) groups is 2. The summed E-state index contributed by atoms with van der Waals surface area (Å²) in [4.78, 5) is 28.0. The molecule has 0 unspecified atom stereocenters. The number of hydrogen-bond donors (Lipinski definition) is 1. The second kappa shape index (κ2) is 10.7. The Labute approximate surface area is 219 Å². The maximum absolute atomic E-state index is 13.5. The average Bonchev–Trinajstić information content (AvgIpc) is 3.13. The summed E-state index contributed by atoms with van der Waals surface area (Å²) < 4.78 is 0.842. The fourth-order valence-corrected chi connectivity index (χ4v) is 5.30. The summed E-state index contributed by atoms with van der Waals surface area (Å²) in [6.45, 7) is 0. The van der Waals surface area contributed by atoms with Gasteiger partial charge in [0.2, 0.25) is 5.91 Å². The molecule has 1 N–H and O–H groups in total. The third-order valence-corrected chi connectivity index (χ3v) is 7.47. The molecule has 1 heterocycles. The van der Waals surface area contributed by atoms with Gasteiger partial charge in [-0.3, -0.25) is 14.5 Å². The molecule has 0 aliphatic carbocycles. The molecule has 3 aromatic carbocycles. The van der Waals surface area contributed by atoms with E-state index in [9.17, 15) is 14.9 Å². The minimum atomic E-state index is -0.611. The summed E-state index contributed by atoms with van der Waals surface area (Å²) >= 11 is 16.8. The molecular weight excluding hydrogens is 557 g/mol. The Balaban J connectivity index is 1.73. The summed E-state index contributed by atoms with van der Waals surface area (Å²) in [6, 6.07) is 23.0. The standard InChI is InChI=1S/C25H16BrCl2N3O2S/c26-16-5-11-19(12-6-16)31-24(33)22(13-15-3-1-2-4-21(15)28)34-25(31)20(14-29)23(32)30-18-9-7-17(27)8-10-18/h1-12,22H,13H2,(H,30,32)/b25-20-/t22-/m1/s1. The number of anilines is 2. The van der Waals surface area contributed by atoms with Gasteiger partial charge in [0.1, 0.15) is 16.7 Å². The lowest BCUT2D eigenvalue weighted by Gasteiger charge is -2.19. The van der Waals surface area contributed by atoms with E-state index in [0.29, 0.717) is 27.8 Å². The molecule has 5 nitrogen and oxygen atoms in total. The van der Waals surface area contributed by atoms with Gasteiger partial charge < -0.3 is 5.32 Å². The van der Waals surface area contributed by atoms with Crippen molar-refractivity contribution in [3.63, 3.8) is 0 Å². The SMILES string of the molecule is N#C/C(C(=O)Nc1ccc(Cl)cc1)=C1/S[C@H](Cc2ccccc2Cl)C(=O)N1c1ccc(Br)cc1. The van der Waals surface area contributed by atoms with E-state index < -0.39 is 11.2 Å². The number of nitrogens with one attached hydrogen (secondary N) is 1. The second-order valence-corrected chi connectivity index (χ2v) is 10.3. The highest BCUT2D eigenvalue weighted by Crippen LogP contribution is 2.42. The number of benzene rings is 3. The van der Waals surface area contributed by atoms with Gasteiger partial charge in [-0.05, 0) is 66.6 Å². The summed E-state index contributed by atoms with van der Waals surface area (Å²) in [7, 11) is 0. The van der Waals surface area contributed by atoms with Crippen LogP contribution < -0.4 is 10.2 Å². The van der Waals surface area contributed by atoms with Gasteiger partial charge in [-0.2, -0.15) is 5.26 Å². The van der Waals surface area contributed by atoms with Crippen molar-refractivity contribution in [2.24, 2.45) is 0 Å². The molecule has 0 bridgehead atoms. The smallest absolute Gasteiger partial charge is 0.269 e. The first-order valence-electron chi connectivity index (χ1n) is 10.1. The molecular formula is C25H16BrCl2N3O2S. The maximum Gasteiger partial charge on any atom is 0.269 e. The van der Waals surface area contributed by atoms with Gasteiger partial charge in [-0.15, -0.1) is 0 Å². The van der Waals surface area contributed by atoms with Crippen LogP contribution in [0.3, 0.4) is 0 Å². The fraction of sp³-hybridized carbons (Fsp3) is 0.0800. The molecule has 4 rings (SSSR count). The predicted octanol–water partition coefficient (Wildman–Crippen LogP) is 6.82. The Kier molecular flexibility index (Phi) is 7.64. The molecule has 1 atom stereocenters. The third-order valence-electron chi connectivity index (χ3n) is 5.06. The highest BCUT2D eigenvalue weighted by molar-refractivity contribution is 9.10. The number of nitrogens with zero attached hydrogens (tertiary/aromatic N) is 2. The first-order valence-corrected chi connectivity index (χ1v) is 12.5. The van der Waals surface area contributed by atoms with Gasteiger partial charge in [0.15, 0.2) is 0 Å². The molecule has 170 valence electrons. The summed E-state index contributed by atoms with van der Waals surface area (Å²) in [6.07, 6.45) is 0.358. The zero-order valence-corrected chi connectivity index (χ0v) is 21.4. The van der Waals surface area contributed by atoms with E-state index in [1.807, 2.05) is 24.3 Å². The van der Waals surface area contributed by atoms with E-state index in [1.54, 1.807) is 54.6 Å². The number of thioether (sulfide) groups is 1. The van der Waals surface area contributed by atoms with Crippen molar-refractivity contribution >= 4 is 74.1 Å². The molecule has 34 heavy (non-hydrogen) atoms. The van der Waals surface area contributed by atoms with Crippen LogP contribution in [0.2, 0.25) is 10.0 Å². The van der Waals surface area contributed by atoms with E-state index in [2.05, 4.69) is 21.2 Å². The van der Waals surface area contributed by atoms with Gasteiger partial charge in [0.25, 0.3) is 5.91 Å². The van der Waals surface area contributed by atoms with Crippen molar-refractivity contribution in [2.75, 3.05) is 10.2 Å². The van der Waals surface area contributed by atoms with Gasteiger partial charge >= 0.3 is 0 Å². The topological polar surface area (TPSA) is 73.2 Å². The van der Waals surface area contributed by atoms with Gasteiger partial charge in [-0.25, -0.2) is 0 Å². The number of nitriles is 1. The normalized spacial score (nSPS) is 16.8. The summed E-state index contributed by atoms with van der Waals surface area (Å²) in [5, 5.41) is 13.4. The van der Waals surface area contributed by atoms with Gasteiger partial charge in [-0.1, -0.05) is 69.1 Å². The van der Waals surface area contributed by atoms with E-state index in [0.717, 1.165) is 10.0 Å². The highest BCUT2D eigenvalue weighted by Gasteiger charge is 2.41. The minimum Gasteiger partial charge on any atom is -0.321 e.